The van der Waals surface area contributed by atoms with Crippen molar-refractivity contribution in [1.29, 1.82) is 0 Å². The molecular weight excluding hydrogens is 340 g/mol. The highest BCUT2D eigenvalue weighted by Crippen LogP contribution is 2.08. The second-order valence-corrected chi connectivity index (χ2v) is 5.96. The van der Waals surface area contributed by atoms with Crippen LogP contribution in [-0.4, -0.2) is 45.5 Å². The Hall–Kier alpha value is -0.890. The van der Waals surface area contributed by atoms with Gasteiger partial charge in [-0.15, -0.1) is 0 Å². The van der Waals surface area contributed by atoms with Crippen LogP contribution in [0.2, 0.25) is 0 Å². The van der Waals surface area contributed by atoms with Gasteiger partial charge in [-0.1, -0.05) is 53.4 Å². The molecule has 0 amide bonds. The Morgan fingerprint density at radius 2 is 0.846 bits per heavy atom. The molecule has 0 radical (unpaired) electrons. The van der Waals surface area contributed by atoms with E-state index in [4.69, 9.17) is 28.4 Å². The molecule has 0 aromatic rings. The molecule has 156 valence electrons. The molecule has 0 aromatic heterocycles. The Kier molecular flexibility index (Phi) is 18.2. The van der Waals surface area contributed by atoms with Gasteiger partial charge in [0.1, 0.15) is 0 Å². The summed E-state index contributed by atoms with van der Waals surface area (Å²) in [5.41, 5.74) is 0. The van der Waals surface area contributed by atoms with Crippen LogP contribution in [0, 0.1) is 0 Å². The minimum atomic E-state index is -1.08. The van der Waals surface area contributed by atoms with Crippen molar-refractivity contribution in [3.63, 3.8) is 0 Å². The van der Waals surface area contributed by atoms with E-state index < -0.39 is 19.1 Å². The van der Waals surface area contributed by atoms with Gasteiger partial charge in [0.05, 0.1) is 26.4 Å². The molecular formula is C19H38O7. The summed E-state index contributed by atoms with van der Waals surface area (Å²) in [4.78, 5) is 12.0. The molecule has 7 nitrogen and oxygen atoms in total. The molecule has 0 N–H and O–H groups in total. The minimum Gasteiger partial charge on any atom is -0.378 e. The number of carbonyl (C=O) groups is 1. The van der Waals surface area contributed by atoms with Crippen LogP contribution in [0.25, 0.3) is 0 Å². The van der Waals surface area contributed by atoms with Gasteiger partial charge < -0.3 is 28.4 Å². The average molecular weight is 379 g/mol. The van der Waals surface area contributed by atoms with Crippen LogP contribution in [0.1, 0.15) is 79.1 Å². The monoisotopic (exact) mass is 378 g/mol. The third-order valence-corrected chi connectivity index (χ3v) is 3.39. The lowest BCUT2D eigenvalue weighted by molar-refractivity contribution is -0.301. The molecule has 0 rings (SSSR count). The highest BCUT2D eigenvalue weighted by Gasteiger charge is 2.21. The molecule has 0 saturated heterocycles. The van der Waals surface area contributed by atoms with E-state index in [1.807, 2.05) is 0 Å². The summed E-state index contributed by atoms with van der Waals surface area (Å²) in [6, 6.07) is 0. The first kappa shape index (κ1) is 25.1. The predicted molar refractivity (Wildman–Crippen MR) is 98.6 cm³/mol. The SMILES string of the molecule is CCCCOC(OCCCC)OC(=O)OC(OCCCC)OCCCC. The highest BCUT2D eigenvalue weighted by atomic mass is 16.9. The zero-order chi connectivity index (χ0) is 19.5. The zero-order valence-corrected chi connectivity index (χ0v) is 17.0. The summed E-state index contributed by atoms with van der Waals surface area (Å²) in [6.07, 6.45) is 6.40. The highest BCUT2D eigenvalue weighted by molar-refractivity contribution is 5.59. The number of ether oxygens (including phenoxy) is 6. The number of rotatable bonds is 18. The van der Waals surface area contributed by atoms with E-state index in [2.05, 4.69) is 27.7 Å². The van der Waals surface area contributed by atoms with Crippen molar-refractivity contribution < 1.29 is 33.2 Å². The summed E-state index contributed by atoms with van der Waals surface area (Å²) >= 11 is 0. The van der Waals surface area contributed by atoms with Gasteiger partial charge in [0.15, 0.2) is 0 Å². The van der Waals surface area contributed by atoms with Gasteiger partial charge in [-0.25, -0.2) is 4.79 Å². The van der Waals surface area contributed by atoms with E-state index in [1.54, 1.807) is 0 Å². The van der Waals surface area contributed by atoms with E-state index in [0.29, 0.717) is 26.4 Å². The van der Waals surface area contributed by atoms with E-state index >= 15 is 0 Å². The maximum atomic E-state index is 12.0. The van der Waals surface area contributed by atoms with Crippen LogP contribution in [0.5, 0.6) is 0 Å². The Balaban J connectivity index is 4.41. The fraction of sp³-hybridized carbons (Fsp3) is 0.947. The fourth-order valence-corrected chi connectivity index (χ4v) is 1.71. The molecule has 0 fully saturated rings. The van der Waals surface area contributed by atoms with Gasteiger partial charge in [0.2, 0.25) is 0 Å². The molecule has 26 heavy (non-hydrogen) atoms. The van der Waals surface area contributed by atoms with Crippen molar-refractivity contribution >= 4 is 6.16 Å². The third-order valence-electron chi connectivity index (χ3n) is 3.39. The van der Waals surface area contributed by atoms with Crippen molar-refractivity contribution in [1.82, 2.24) is 0 Å². The summed E-state index contributed by atoms with van der Waals surface area (Å²) in [6.45, 7) is 7.85. The molecule has 7 heteroatoms. The lowest BCUT2D eigenvalue weighted by Gasteiger charge is -2.21. The van der Waals surface area contributed by atoms with Crippen LogP contribution in [0.3, 0.4) is 0 Å². The van der Waals surface area contributed by atoms with E-state index in [-0.39, 0.29) is 0 Å². The normalized spacial score (nSPS) is 11.3. The standard InChI is InChI=1S/C19H38O7/c1-5-9-13-21-18(22-14-10-6-2)25-17(20)26-19(23-15-11-7-3)24-16-12-8-4/h18-19H,5-16H2,1-4H3. The Morgan fingerprint density at radius 3 is 1.08 bits per heavy atom. The summed E-state index contributed by atoms with van der Waals surface area (Å²) < 4.78 is 32.0. The minimum absolute atomic E-state index is 0.448. The smallest absolute Gasteiger partial charge is 0.378 e. The van der Waals surface area contributed by atoms with E-state index in [1.165, 1.54) is 0 Å². The second kappa shape index (κ2) is 18.9. The molecule has 0 aliphatic heterocycles. The molecule has 0 heterocycles. The van der Waals surface area contributed by atoms with Crippen molar-refractivity contribution in [2.45, 2.75) is 92.0 Å². The van der Waals surface area contributed by atoms with Gasteiger partial charge in [-0.2, -0.15) is 0 Å². The molecule has 0 aromatic carbocycles. The number of unbranched alkanes of at least 4 members (excludes halogenated alkanes) is 4. The van der Waals surface area contributed by atoms with Crippen molar-refractivity contribution in [2.24, 2.45) is 0 Å². The molecule has 0 spiro atoms. The maximum absolute atomic E-state index is 12.0. The van der Waals surface area contributed by atoms with Crippen LogP contribution >= 0.6 is 0 Å². The van der Waals surface area contributed by atoms with Gasteiger partial charge in [-0.05, 0) is 25.7 Å². The quantitative estimate of drug-likeness (QED) is 0.189. The lowest BCUT2D eigenvalue weighted by atomic mass is 10.4. The molecule has 0 aliphatic rings. The summed E-state index contributed by atoms with van der Waals surface area (Å²) in [7, 11) is 0. The molecule has 0 unspecified atom stereocenters. The fourth-order valence-electron chi connectivity index (χ4n) is 1.71. The first-order valence-corrected chi connectivity index (χ1v) is 10.0. The zero-order valence-electron chi connectivity index (χ0n) is 17.0. The number of hydrogen-bond donors (Lipinski definition) is 0. The summed E-state index contributed by atoms with van der Waals surface area (Å²) in [5.74, 6) is 0. The van der Waals surface area contributed by atoms with Crippen LogP contribution in [-0.2, 0) is 28.4 Å². The lowest BCUT2D eigenvalue weighted by Crippen LogP contribution is -2.31. The first-order valence-electron chi connectivity index (χ1n) is 10.0. The maximum Gasteiger partial charge on any atom is 0.516 e. The van der Waals surface area contributed by atoms with Crippen LogP contribution < -0.4 is 0 Å². The first-order chi connectivity index (χ1) is 12.7. The van der Waals surface area contributed by atoms with Gasteiger partial charge >= 0.3 is 19.1 Å². The van der Waals surface area contributed by atoms with Crippen molar-refractivity contribution in [2.75, 3.05) is 26.4 Å². The molecule has 0 atom stereocenters. The van der Waals surface area contributed by atoms with Crippen molar-refractivity contribution in [3.8, 4) is 0 Å². The Morgan fingerprint density at radius 1 is 0.577 bits per heavy atom. The Labute approximate surface area is 158 Å². The Bertz CT molecular complexity index is 264. The van der Waals surface area contributed by atoms with Crippen LogP contribution in [0.4, 0.5) is 4.79 Å². The second-order valence-electron chi connectivity index (χ2n) is 5.96. The van der Waals surface area contributed by atoms with Gasteiger partial charge in [-0.3, -0.25) is 0 Å². The largest absolute Gasteiger partial charge is 0.516 e. The summed E-state index contributed by atoms with van der Waals surface area (Å²) in [5, 5.41) is 0. The topological polar surface area (TPSA) is 72.5 Å². The number of carbonyl (C=O) groups excluding carboxylic acids is 1. The van der Waals surface area contributed by atoms with Gasteiger partial charge in [0.25, 0.3) is 0 Å². The van der Waals surface area contributed by atoms with Gasteiger partial charge in [0, 0.05) is 0 Å². The molecule has 0 aliphatic carbocycles. The predicted octanol–water partition coefficient (Wildman–Crippen LogP) is 4.97. The van der Waals surface area contributed by atoms with E-state index in [9.17, 15) is 4.79 Å². The third kappa shape index (κ3) is 15.4. The average Bonchev–Trinajstić information content (AvgIpc) is 2.62. The van der Waals surface area contributed by atoms with E-state index in [0.717, 1.165) is 51.4 Å². The molecule has 0 saturated carbocycles. The van der Waals surface area contributed by atoms with Crippen LogP contribution in [0.15, 0.2) is 0 Å². The van der Waals surface area contributed by atoms with Crippen molar-refractivity contribution in [3.05, 3.63) is 0 Å². The molecule has 0 bridgehead atoms. The number of hydrogen-bond acceptors (Lipinski definition) is 7.